The minimum atomic E-state index is 0.723. The molecule has 0 aliphatic heterocycles. The van der Waals surface area contributed by atoms with Crippen molar-refractivity contribution in [1.82, 2.24) is 20.3 Å². The molecule has 1 atom stereocenters. The van der Waals surface area contributed by atoms with E-state index in [4.69, 9.17) is 0 Å². The molecule has 0 spiro atoms. The van der Waals surface area contributed by atoms with E-state index in [0.717, 1.165) is 43.4 Å². The van der Waals surface area contributed by atoms with Gasteiger partial charge in [0.1, 0.15) is 5.69 Å². The lowest BCUT2D eigenvalue weighted by Crippen LogP contribution is -2.27. The van der Waals surface area contributed by atoms with E-state index < -0.39 is 0 Å². The van der Waals surface area contributed by atoms with Gasteiger partial charge in [-0.15, -0.1) is 11.3 Å². The van der Waals surface area contributed by atoms with Gasteiger partial charge in [0.05, 0.1) is 5.51 Å². The molecule has 2 aromatic heterocycles. The van der Waals surface area contributed by atoms with Crippen molar-refractivity contribution in [2.75, 3.05) is 13.1 Å². The number of hydrogen-bond donors (Lipinski definition) is 1. The molecule has 1 unspecified atom stereocenters. The summed E-state index contributed by atoms with van der Waals surface area (Å²) in [6.45, 7) is 4.30. The Kier molecular flexibility index (Phi) is 3.84. The zero-order valence-corrected chi connectivity index (χ0v) is 11.9. The molecule has 100 valence electrons. The summed E-state index contributed by atoms with van der Waals surface area (Å²) in [4.78, 5) is 13.4. The van der Waals surface area contributed by atoms with Gasteiger partial charge in [-0.05, 0) is 43.8 Å². The van der Waals surface area contributed by atoms with Gasteiger partial charge in [-0.3, -0.25) is 0 Å². The first-order chi connectivity index (χ1) is 9.36. The van der Waals surface area contributed by atoms with Crippen LogP contribution >= 0.6 is 11.3 Å². The maximum atomic E-state index is 4.68. The largest absolute Gasteiger partial charge is 0.317 e. The maximum Gasteiger partial charge on any atom is 0.179 e. The predicted molar refractivity (Wildman–Crippen MR) is 77.2 cm³/mol. The van der Waals surface area contributed by atoms with E-state index >= 15 is 0 Å². The molecule has 0 amide bonds. The lowest BCUT2D eigenvalue weighted by atomic mass is 9.87. The highest BCUT2D eigenvalue weighted by molar-refractivity contribution is 7.07. The van der Waals surface area contributed by atoms with Crippen LogP contribution in [0.1, 0.15) is 24.6 Å². The Morgan fingerprint density at radius 2 is 2.37 bits per heavy atom. The van der Waals surface area contributed by atoms with Crippen LogP contribution in [0.5, 0.6) is 0 Å². The van der Waals surface area contributed by atoms with E-state index in [2.05, 4.69) is 27.2 Å². The van der Waals surface area contributed by atoms with Crippen molar-refractivity contribution in [3.63, 3.8) is 0 Å². The van der Waals surface area contributed by atoms with Crippen LogP contribution in [0.25, 0.3) is 11.5 Å². The molecule has 5 heteroatoms. The smallest absolute Gasteiger partial charge is 0.179 e. The molecule has 0 radical (unpaired) electrons. The minimum Gasteiger partial charge on any atom is -0.317 e. The Bertz CT molecular complexity index is 538. The SMILES string of the molecule is CCNCC1CCc2nc(-c3cscn3)ncc2C1. The standard InChI is InChI=1S/C14H18N4S/c1-2-15-6-10-3-4-12-11(5-10)7-16-14(18-12)13-8-19-9-17-13/h7-10,15H,2-6H2,1H3. The van der Waals surface area contributed by atoms with Crippen molar-refractivity contribution in [3.8, 4) is 11.5 Å². The second kappa shape index (κ2) is 5.75. The second-order valence-electron chi connectivity index (χ2n) is 4.96. The molecule has 0 fully saturated rings. The van der Waals surface area contributed by atoms with E-state index in [1.165, 1.54) is 17.7 Å². The van der Waals surface area contributed by atoms with Gasteiger partial charge in [-0.25, -0.2) is 15.0 Å². The van der Waals surface area contributed by atoms with Gasteiger partial charge in [0.2, 0.25) is 0 Å². The molecule has 3 rings (SSSR count). The van der Waals surface area contributed by atoms with E-state index in [1.54, 1.807) is 11.3 Å². The highest BCUT2D eigenvalue weighted by Crippen LogP contribution is 2.25. The molecule has 2 aromatic rings. The summed E-state index contributed by atoms with van der Waals surface area (Å²) in [5.74, 6) is 1.49. The van der Waals surface area contributed by atoms with Crippen LogP contribution < -0.4 is 5.32 Å². The average Bonchev–Trinajstić information content (AvgIpc) is 2.98. The van der Waals surface area contributed by atoms with Crippen molar-refractivity contribution in [1.29, 1.82) is 0 Å². The van der Waals surface area contributed by atoms with Crippen LogP contribution in [0.2, 0.25) is 0 Å². The zero-order chi connectivity index (χ0) is 13.1. The molecular weight excluding hydrogens is 256 g/mol. The van der Waals surface area contributed by atoms with Gasteiger partial charge >= 0.3 is 0 Å². The second-order valence-corrected chi connectivity index (χ2v) is 5.67. The molecule has 0 bridgehead atoms. The number of fused-ring (bicyclic) bond motifs is 1. The summed E-state index contributed by atoms with van der Waals surface area (Å²) >= 11 is 1.58. The summed E-state index contributed by atoms with van der Waals surface area (Å²) in [5.41, 5.74) is 5.24. The fourth-order valence-corrected chi connectivity index (χ4v) is 3.08. The number of aromatic nitrogens is 3. The third-order valence-corrected chi connectivity index (χ3v) is 4.18. The molecule has 1 N–H and O–H groups in total. The molecular formula is C14H18N4S. The lowest BCUT2D eigenvalue weighted by Gasteiger charge is -2.23. The first kappa shape index (κ1) is 12.7. The van der Waals surface area contributed by atoms with Crippen LogP contribution in [0, 0.1) is 5.92 Å². The van der Waals surface area contributed by atoms with Gasteiger partial charge in [0.15, 0.2) is 5.82 Å². The summed E-state index contributed by atoms with van der Waals surface area (Å²) in [7, 11) is 0. The first-order valence-electron chi connectivity index (χ1n) is 6.81. The van der Waals surface area contributed by atoms with Gasteiger partial charge in [-0.2, -0.15) is 0 Å². The predicted octanol–water partition coefficient (Wildman–Crippen LogP) is 2.31. The highest BCUT2D eigenvalue weighted by Gasteiger charge is 2.20. The average molecular weight is 274 g/mol. The molecule has 19 heavy (non-hydrogen) atoms. The highest BCUT2D eigenvalue weighted by atomic mass is 32.1. The van der Waals surface area contributed by atoms with Gasteiger partial charge in [0.25, 0.3) is 0 Å². The molecule has 4 nitrogen and oxygen atoms in total. The summed E-state index contributed by atoms with van der Waals surface area (Å²) < 4.78 is 0. The fourth-order valence-electron chi connectivity index (χ4n) is 2.55. The summed E-state index contributed by atoms with van der Waals surface area (Å²) in [6.07, 6.45) is 5.37. The number of nitrogens with one attached hydrogen (secondary N) is 1. The van der Waals surface area contributed by atoms with E-state index in [-0.39, 0.29) is 0 Å². The molecule has 0 saturated carbocycles. The van der Waals surface area contributed by atoms with Crippen LogP contribution in [-0.4, -0.2) is 28.0 Å². The van der Waals surface area contributed by atoms with Crippen LogP contribution in [0.4, 0.5) is 0 Å². The molecule has 0 aromatic carbocycles. The van der Waals surface area contributed by atoms with Crippen LogP contribution in [0.3, 0.4) is 0 Å². The van der Waals surface area contributed by atoms with Gasteiger partial charge < -0.3 is 5.32 Å². The monoisotopic (exact) mass is 274 g/mol. The van der Waals surface area contributed by atoms with E-state index in [0.29, 0.717) is 0 Å². The Hall–Kier alpha value is -1.33. The zero-order valence-electron chi connectivity index (χ0n) is 11.1. The minimum absolute atomic E-state index is 0.723. The summed E-state index contributed by atoms with van der Waals surface area (Å²) in [5, 5.41) is 5.43. The number of thiazole rings is 1. The van der Waals surface area contributed by atoms with Crippen molar-refractivity contribution >= 4 is 11.3 Å². The van der Waals surface area contributed by atoms with Gasteiger partial charge in [-0.1, -0.05) is 6.92 Å². The number of rotatable bonds is 4. The Morgan fingerprint density at radius 1 is 1.42 bits per heavy atom. The quantitative estimate of drug-likeness (QED) is 0.929. The van der Waals surface area contributed by atoms with E-state index in [9.17, 15) is 0 Å². The normalized spacial score (nSPS) is 18.3. The molecule has 1 aliphatic carbocycles. The van der Waals surface area contributed by atoms with Crippen molar-refractivity contribution in [2.45, 2.75) is 26.2 Å². The number of aryl methyl sites for hydroxylation is 1. The third-order valence-electron chi connectivity index (χ3n) is 3.60. The lowest BCUT2D eigenvalue weighted by molar-refractivity contribution is 0.424. The Morgan fingerprint density at radius 3 is 3.16 bits per heavy atom. The maximum absolute atomic E-state index is 4.68. The third kappa shape index (κ3) is 2.82. The topological polar surface area (TPSA) is 50.7 Å². The Labute approximate surface area is 117 Å². The van der Waals surface area contributed by atoms with Crippen LogP contribution in [-0.2, 0) is 12.8 Å². The molecule has 0 saturated heterocycles. The summed E-state index contributed by atoms with van der Waals surface area (Å²) in [6, 6.07) is 0. The van der Waals surface area contributed by atoms with Crippen molar-refractivity contribution in [3.05, 3.63) is 28.3 Å². The van der Waals surface area contributed by atoms with Crippen LogP contribution in [0.15, 0.2) is 17.1 Å². The Balaban J connectivity index is 1.77. The number of hydrogen-bond acceptors (Lipinski definition) is 5. The first-order valence-corrected chi connectivity index (χ1v) is 7.75. The van der Waals surface area contributed by atoms with Crippen molar-refractivity contribution in [2.24, 2.45) is 5.92 Å². The molecule has 2 heterocycles. The number of nitrogens with zero attached hydrogens (tertiary/aromatic N) is 3. The van der Waals surface area contributed by atoms with Gasteiger partial charge in [0, 0.05) is 17.3 Å². The van der Waals surface area contributed by atoms with Crippen molar-refractivity contribution < 1.29 is 0 Å². The molecule has 1 aliphatic rings. The van der Waals surface area contributed by atoms with E-state index in [1.807, 2.05) is 17.1 Å². The fraction of sp³-hybridized carbons (Fsp3) is 0.500.